The van der Waals surface area contributed by atoms with Crippen LogP contribution in [-0.2, 0) is 0 Å². The summed E-state index contributed by atoms with van der Waals surface area (Å²) in [6.45, 7) is 2.36. The number of fused-ring (bicyclic) bond motifs is 1. The van der Waals surface area contributed by atoms with E-state index >= 15 is 0 Å². The Balaban J connectivity index is 2.23. The van der Waals surface area contributed by atoms with Crippen LogP contribution >= 0.6 is 15.9 Å². The number of anilines is 1. The van der Waals surface area contributed by atoms with Crippen molar-refractivity contribution >= 4 is 33.0 Å². The zero-order chi connectivity index (χ0) is 17.3. The van der Waals surface area contributed by atoms with Crippen molar-refractivity contribution in [1.82, 2.24) is 5.43 Å². The maximum atomic E-state index is 14.4. The van der Waals surface area contributed by atoms with E-state index in [1.165, 1.54) is 6.07 Å². The molecule has 24 heavy (non-hydrogen) atoms. The van der Waals surface area contributed by atoms with Crippen LogP contribution in [0.25, 0.3) is 5.57 Å². The topological polar surface area (TPSA) is 53.7 Å². The Hall–Kier alpha value is -2.34. The second-order valence-corrected chi connectivity index (χ2v) is 6.43. The lowest BCUT2D eigenvalue weighted by Gasteiger charge is -2.33. The molecule has 6 heteroatoms. The highest BCUT2D eigenvalue weighted by molar-refractivity contribution is 9.10. The third kappa shape index (κ3) is 2.89. The zero-order valence-corrected chi connectivity index (χ0v) is 15.1. The van der Waals surface area contributed by atoms with Crippen molar-refractivity contribution in [2.75, 3.05) is 18.5 Å². The Morgan fingerprint density at radius 3 is 2.71 bits per heavy atom. The maximum Gasteiger partial charge on any atom is 0.131 e. The van der Waals surface area contributed by atoms with Crippen molar-refractivity contribution in [3.8, 4) is 0 Å². The van der Waals surface area contributed by atoms with Gasteiger partial charge in [-0.3, -0.25) is 0 Å². The summed E-state index contributed by atoms with van der Waals surface area (Å²) in [6, 6.07) is 12.6. The van der Waals surface area contributed by atoms with Crippen LogP contribution < -0.4 is 16.1 Å². The lowest BCUT2D eigenvalue weighted by atomic mass is 9.91. The molecule has 0 aliphatic carbocycles. The SMILES string of the molecule is CN/N=C(/C)N1CC(N)=C(c2ccccc2F)c2cc(Br)ccc21. The summed E-state index contributed by atoms with van der Waals surface area (Å²) in [4.78, 5) is 2.01. The van der Waals surface area contributed by atoms with E-state index in [-0.39, 0.29) is 5.82 Å². The van der Waals surface area contributed by atoms with Gasteiger partial charge in [0.25, 0.3) is 0 Å². The predicted octanol–water partition coefficient (Wildman–Crippen LogP) is 3.68. The lowest BCUT2D eigenvalue weighted by Crippen LogP contribution is -2.37. The van der Waals surface area contributed by atoms with E-state index in [0.29, 0.717) is 17.8 Å². The Bertz CT molecular complexity index is 845. The van der Waals surface area contributed by atoms with E-state index < -0.39 is 0 Å². The van der Waals surface area contributed by atoms with Crippen LogP contribution in [0.1, 0.15) is 18.1 Å². The number of benzene rings is 2. The summed E-state index contributed by atoms with van der Waals surface area (Å²) in [5.41, 5.74) is 12.8. The Kier molecular flexibility index (Phi) is 4.57. The molecule has 0 saturated carbocycles. The zero-order valence-electron chi connectivity index (χ0n) is 13.5. The molecule has 3 N–H and O–H groups in total. The highest BCUT2D eigenvalue weighted by Crippen LogP contribution is 2.39. The first-order valence-corrected chi connectivity index (χ1v) is 8.34. The molecule has 0 aromatic heterocycles. The summed E-state index contributed by atoms with van der Waals surface area (Å²) < 4.78 is 15.3. The van der Waals surface area contributed by atoms with Gasteiger partial charge in [-0.2, -0.15) is 5.10 Å². The van der Waals surface area contributed by atoms with Gasteiger partial charge in [-0.15, -0.1) is 0 Å². The standard InChI is InChI=1S/C18H18BrFN4/c1-11(23-22-2)24-10-16(21)18(13-5-3-4-6-15(13)20)14-9-12(19)7-8-17(14)24/h3-9,22H,10,21H2,1-2H3/b23-11-. The molecule has 0 spiro atoms. The number of halogens is 2. The molecular weight excluding hydrogens is 371 g/mol. The normalized spacial score (nSPS) is 14.7. The second kappa shape index (κ2) is 6.65. The van der Waals surface area contributed by atoms with Gasteiger partial charge in [0.1, 0.15) is 11.7 Å². The number of rotatable bonds is 2. The van der Waals surface area contributed by atoms with E-state index in [0.717, 1.165) is 27.1 Å². The van der Waals surface area contributed by atoms with Gasteiger partial charge in [-0.25, -0.2) is 4.39 Å². The minimum absolute atomic E-state index is 0.282. The van der Waals surface area contributed by atoms with Crippen LogP contribution in [0.3, 0.4) is 0 Å². The number of nitrogens with zero attached hydrogens (tertiary/aromatic N) is 2. The van der Waals surface area contributed by atoms with Gasteiger partial charge in [-0.1, -0.05) is 34.1 Å². The fraction of sp³-hybridized carbons (Fsp3) is 0.167. The Morgan fingerprint density at radius 1 is 1.25 bits per heavy atom. The summed E-state index contributed by atoms with van der Waals surface area (Å²) >= 11 is 3.50. The van der Waals surface area contributed by atoms with Gasteiger partial charge in [-0.05, 0) is 31.2 Å². The fourth-order valence-corrected chi connectivity index (χ4v) is 3.31. The van der Waals surface area contributed by atoms with Crippen LogP contribution in [0.4, 0.5) is 10.1 Å². The molecule has 1 aliphatic heterocycles. The number of hydrazone groups is 1. The molecule has 2 aromatic rings. The van der Waals surface area contributed by atoms with Crippen LogP contribution in [0.2, 0.25) is 0 Å². The average Bonchev–Trinajstić information content (AvgIpc) is 2.55. The van der Waals surface area contributed by atoms with Crippen molar-refractivity contribution in [3.05, 3.63) is 69.6 Å². The average molecular weight is 389 g/mol. The highest BCUT2D eigenvalue weighted by atomic mass is 79.9. The third-order valence-corrected chi connectivity index (χ3v) is 4.47. The predicted molar refractivity (Wildman–Crippen MR) is 100 cm³/mol. The van der Waals surface area contributed by atoms with E-state index in [1.54, 1.807) is 19.2 Å². The molecule has 0 unspecified atom stereocenters. The van der Waals surface area contributed by atoms with Crippen LogP contribution in [0.5, 0.6) is 0 Å². The van der Waals surface area contributed by atoms with Gasteiger partial charge in [0.05, 0.1) is 12.2 Å². The monoisotopic (exact) mass is 388 g/mol. The summed E-state index contributed by atoms with van der Waals surface area (Å²) in [5, 5.41) is 4.25. The van der Waals surface area contributed by atoms with Crippen molar-refractivity contribution in [2.45, 2.75) is 6.92 Å². The highest BCUT2D eigenvalue weighted by Gasteiger charge is 2.27. The second-order valence-electron chi connectivity index (χ2n) is 5.51. The van der Waals surface area contributed by atoms with Gasteiger partial charge in [0.15, 0.2) is 0 Å². The molecular formula is C18H18BrFN4. The number of nitrogens with two attached hydrogens (primary N) is 1. The molecule has 4 nitrogen and oxygen atoms in total. The van der Waals surface area contributed by atoms with Gasteiger partial charge in [0, 0.05) is 33.9 Å². The van der Waals surface area contributed by atoms with Crippen molar-refractivity contribution in [2.24, 2.45) is 10.8 Å². The van der Waals surface area contributed by atoms with E-state index in [4.69, 9.17) is 5.73 Å². The first-order valence-electron chi connectivity index (χ1n) is 7.55. The van der Waals surface area contributed by atoms with E-state index in [9.17, 15) is 4.39 Å². The number of amidine groups is 1. The van der Waals surface area contributed by atoms with Crippen LogP contribution in [0.15, 0.2) is 57.7 Å². The van der Waals surface area contributed by atoms with Crippen molar-refractivity contribution < 1.29 is 4.39 Å². The Morgan fingerprint density at radius 2 is 2.00 bits per heavy atom. The molecule has 3 rings (SSSR count). The number of hydrogen-bond donors (Lipinski definition) is 2. The molecule has 0 radical (unpaired) electrons. The van der Waals surface area contributed by atoms with Crippen LogP contribution in [-0.4, -0.2) is 19.4 Å². The molecule has 2 aromatic carbocycles. The van der Waals surface area contributed by atoms with Crippen LogP contribution in [0, 0.1) is 5.82 Å². The van der Waals surface area contributed by atoms with Gasteiger partial charge < -0.3 is 16.1 Å². The summed E-state index contributed by atoms with van der Waals surface area (Å²) in [7, 11) is 1.75. The molecule has 0 saturated heterocycles. The Labute approximate surface area is 149 Å². The first-order chi connectivity index (χ1) is 11.5. The van der Waals surface area contributed by atoms with Gasteiger partial charge >= 0.3 is 0 Å². The number of hydrogen-bond acceptors (Lipinski definition) is 3. The largest absolute Gasteiger partial charge is 0.400 e. The molecule has 0 atom stereocenters. The summed E-state index contributed by atoms with van der Waals surface area (Å²) in [6.07, 6.45) is 0. The quantitative estimate of drug-likeness (QED) is 0.468. The number of nitrogens with one attached hydrogen (secondary N) is 1. The van der Waals surface area contributed by atoms with Gasteiger partial charge in [0.2, 0.25) is 0 Å². The van der Waals surface area contributed by atoms with E-state index in [2.05, 4.69) is 26.5 Å². The minimum atomic E-state index is -0.282. The van der Waals surface area contributed by atoms with E-state index in [1.807, 2.05) is 36.1 Å². The maximum absolute atomic E-state index is 14.4. The molecule has 0 amide bonds. The molecule has 1 aliphatic rings. The van der Waals surface area contributed by atoms with Crippen molar-refractivity contribution in [3.63, 3.8) is 0 Å². The first kappa shape index (κ1) is 16.5. The van der Waals surface area contributed by atoms with Crippen molar-refractivity contribution in [1.29, 1.82) is 0 Å². The minimum Gasteiger partial charge on any atom is -0.400 e. The summed E-state index contributed by atoms with van der Waals surface area (Å²) in [5.74, 6) is 0.507. The molecule has 0 bridgehead atoms. The third-order valence-electron chi connectivity index (χ3n) is 3.98. The fourth-order valence-electron chi connectivity index (χ4n) is 2.94. The smallest absolute Gasteiger partial charge is 0.131 e. The lowest BCUT2D eigenvalue weighted by molar-refractivity contribution is 0.624. The molecule has 124 valence electrons. The molecule has 0 fully saturated rings. The molecule has 1 heterocycles.